The van der Waals surface area contributed by atoms with Gasteiger partial charge < -0.3 is 28.5 Å². The second-order valence-electron chi connectivity index (χ2n) is 12.7. The molecule has 0 spiro atoms. The van der Waals surface area contributed by atoms with E-state index in [9.17, 15) is 19.2 Å². The number of aldehydes is 1. The average molecular weight is 583 g/mol. The van der Waals surface area contributed by atoms with Crippen molar-refractivity contribution in [3.8, 4) is 0 Å². The Balaban J connectivity index is 1.61. The molecule has 9 nitrogen and oxygen atoms in total. The normalized spacial score (nSPS) is 41.0. The lowest BCUT2D eigenvalue weighted by Gasteiger charge is -2.65. The highest BCUT2D eigenvalue weighted by molar-refractivity contribution is 5.87. The smallest absolute Gasteiger partial charge is 0.331 e. The Hall–Kier alpha value is -3.04. The summed E-state index contributed by atoms with van der Waals surface area (Å²) < 4.78 is 30.5. The van der Waals surface area contributed by atoms with Crippen molar-refractivity contribution in [3.63, 3.8) is 0 Å². The molecule has 0 amide bonds. The monoisotopic (exact) mass is 582 g/mol. The molecule has 0 N–H and O–H groups in total. The van der Waals surface area contributed by atoms with Crippen molar-refractivity contribution in [2.24, 2.45) is 34.5 Å². The molecule has 2 saturated heterocycles. The number of esters is 3. The number of ether oxygens (including phenoxy) is 5. The van der Waals surface area contributed by atoms with Gasteiger partial charge in [0.25, 0.3) is 0 Å². The number of fused-ring (bicyclic) bond motifs is 2. The van der Waals surface area contributed by atoms with Crippen LogP contribution in [-0.2, 0) is 42.9 Å². The highest BCUT2D eigenvalue weighted by atomic mass is 16.7. The van der Waals surface area contributed by atoms with E-state index < -0.39 is 58.9 Å². The summed E-state index contributed by atoms with van der Waals surface area (Å²) in [5.41, 5.74) is -1.31. The SMILES string of the molecule is CC(=O)OC1C(OC(=O)/C=C\c2ccccc2)[C@]2(C=O)[C@@H](C)CCC(OC(C)=O)[C@H]2[C@](C)(C2C[C@H]3CCOC3O2)[C@H]1C. The van der Waals surface area contributed by atoms with Gasteiger partial charge in [0.1, 0.15) is 18.5 Å². The summed E-state index contributed by atoms with van der Waals surface area (Å²) in [6, 6.07) is 9.32. The number of rotatable bonds is 7. The van der Waals surface area contributed by atoms with Crippen LogP contribution in [0.2, 0.25) is 0 Å². The summed E-state index contributed by atoms with van der Waals surface area (Å²) in [6.45, 7) is 9.26. The molecule has 1 aromatic carbocycles. The lowest BCUT2D eigenvalue weighted by atomic mass is 9.41. The number of carbonyl (C=O) groups is 4. The zero-order valence-electron chi connectivity index (χ0n) is 25.0. The number of carbonyl (C=O) groups excluding carboxylic acids is 4. The topological polar surface area (TPSA) is 114 Å². The van der Waals surface area contributed by atoms with Gasteiger partial charge in [-0.25, -0.2) is 4.79 Å². The maximum absolute atomic E-state index is 13.6. The minimum Gasteiger partial charge on any atom is -0.462 e. The van der Waals surface area contributed by atoms with E-state index in [-0.39, 0.29) is 24.2 Å². The summed E-state index contributed by atoms with van der Waals surface area (Å²) in [4.78, 5) is 51.9. The molecule has 228 valence electrons. The Bertz CT molecular complexity index is 1200. The maximum atomic E-state index is 13.6. The Morgan fingerprint density at radius 3 is 2.33 bits per heavy atom. The van der Waals surface area contributed by atoms with E-state index in [1.165, 1.54) is 19.9 Å². The van der Waals surface area contributed by atoms with Crippen LogP contribution in [0.25, 0.3) is 6.08 Å². The highest BCUT2D eigenvalue weighted by Crippen LogP contribution is 2.66. The average Bonchev–Trinajstić information content (AvgIpc) is 3.57. The van der Waals surface area contributed by atoms with Crippen LogP contribution in [-0.4, -0.2) is 61.5 Å². The summed E-state index contributed by atoms with van der Waals surface area (Å²) in [6.07, 6.45) is 3.14. The first-order valence-corrected chi connectivity index (χ1v) is 15.0. The largest absolute Gasteiger partial charge is 0.462 e. The molecule has 0 aromatic heterocycles. The Morgan fingerprint density at radius 1 is 0.976 bits per heavy atom. The molecule has 2 aliphatic carbocycles. The van der Waals surface area contributed by atoms with Gasteiger partial charge in [-0.1, -0.05) is 51.1 Å². The quantitative estimate of drug-likeness (QED) is 0.198. The van der Waals surface area contributed by atoms with Crippen molar-refractivity contribution in [2.75, 3.05) is 6.61 Å². The molecule has 5 rings (SSSR count). The second-order valence-corrected chi connectivity index (χ2v) is 12.7. The molecular formula is C33H42O9. The molecule has 4 fully saturated rings. The molecule has 11 atom stereocenters. The van der Waals surface area contributed by atoms with Gasteiger partial charge in [-0.05, 0) is 43.2 Å². The van der Waals surface area contributed by atoms with Gasteiger partial charge in [0.2, 0.25) is 0 Å². The van der Waals surface area contributed by atoms with Crippen molar-refractivity contribution in [1.82, 2.24) is 0 Å². The molecule has 2 saturated carbocycles. The van der Waals surface area contributed by atoms with Crippen LogP contribution in [0.3, 0.4) is 0 Å². The van der Waals surface area contributed by atoms with Gasteiger partial charge >= 0.3 is 17.9 Å². The molecule has 0 radical (unpaired) electrons. The summed E-state index contributed by atoms with van der Waals surface area (Å²) in [5.74, 6) is -2.70. The molecule has 9 heteroatoms. The Morgan fingerprint density at radius 2 is 1.69 bits per heavy atom. The number of hydrogen-bond acceptors (Lipinski definition) is 9. The predicted molar refractivity (Wildman–Crippen MR) is 151 cm³/mol. The first-order valence-electron chi connectivity index (χ1n) is 15.0. The minimum absolute atomic E-state index is 0.212. The lowest BCUT2D eigenvalue weighted by molar-refractivity contribution is -0.282. The lowest BCUT2D eigenvalue weighted by Crippen LogP contribution is -2.73. The van der Waals surface area contributed by atoms with Gasteiger partial charge in [-0.15, -0.1) is 0 Å². The van der Waals surface area contributed by atoms with E-state index >= 15 is 0 Å². The van der Waals surface area contributed by atoms with Gasteiger partial charge in [-0.2, -0.15) is 0 Å². The molecular weight excluding hydrogens is 540 g/mol. The van der Waals surface area contributed by atoms with Gasteiger partial charge in [0.15, 0.2) is 12.4 Å². The fourth-order valence-corrected chi connectivity index (χ4v) is 8.43. The van der Waals surface area contributed by atoms with Crippen LogP contribution in [0.1, 0.15) is 65.9 Å². The second kappa shape index (κ2) is 11.9. The molecule has 2 heterocycles. The van der Waals surface area contributed by atoms with E-state index in [1.54, 1.807) is 6.08 Å². The third-order valence-electron chi connectivity index (χ3n) is 10.5. The molecule has 1 aromatic rings. The van der Waals surface area contributed by atoms with Gasteiger partial charge in [0, 0.05) is 43.1 Å². The molecule has 4 aliphatic rings. The summed E-state index contributed by atoms with van der Waals surface area (Å²) in [5, 5.41) is 0. The third-order valence-corrected chi connectivity index (χ3v) is 10.5. The Labute approximate surface area is 247 Å². The van der Waals surface area contributed by atoms with Crippen LogP contribution in [0.5, 0.6) is 0 Å². The summed E-state index contributed by atoms with van der Waals surface area (Å²) >= 11 is 0. The van der Waals surface area contributed by atoms with Crippen molar-refractivity contribution in [3.05, 3.63) is 42.0 Å². The molecule has 0 bridgehead atoms. The van der Waals surface area contributed by atoms with Gasteiger partial charge in [-0.3, -0.25) is 9.59 Å². The van der Waals surface area contributed by atoms with Crippen molar-refractivity contribution >= 4 is 30.3 Å². The van der Waals surface area contributed by atoms with E-state index in [0.29, 0.717) is 25.9 Å². The maximum Gasteiger partial charge on any atom is 0.331 e. The minimum atomic E-state index is -1.32. The van der Waals surface area contributed by atoms with Crippen LogP contribution in [0, 0.1) is 34.5 Å². The molecule has 5 unspecified atom stereocenters. The van der Waals surface area contributed by atoms with E-state index in [0.717, 1.165) is 18.3 Å². The molecule has 2 aliphatic heterocycles. The zero-order valence-corrected chi connectivity index (χ0v) is 25.0. The van der Waals surface area contributed by atoms with E-state index in [1.807, 2.05) is 51.1 Å². The van der Waals surface area contributed by atoms with Crippen LogP contribution in [0.15, 0.2) is 36.4 Å². The number of benzene rings is 1. The predicted octanol–water partition coefficient (Wildman–Crippen LogP) is 4.51. The van der Waals surface area contributed by atoms with Gasteiger partial charge in [0.05, 0.1) is 18.1 Å². The van der Waals surface area contributed by atoms with Crippen molar-refractivity contribution < 1.29 is 42.9 Å². The van der Waals surface area contributed by atoms with Crippen molar-refractivity contribution in [2.45, 2.75) is 91.0 Å². The van der Waals surface area contributed by atoms with E-state index in [2.05, 4.69) is 0 Å². The van der Waals surface area contributed by atoms with Crippen molar-refractivity contribution in [1.29, 1.82) is 0 Å². The van der Waals surface area contributed by atoms with E-state index in [4.69, 9.17) is 23.7 Å². The number of hydrogen-bond donors (Lipinski definition) is 0. The fraction of sp³-hybridized carbons (Fsp3) is 0.636. The fourth-order valence-electron chi connectivity index (χ4n) is 8.43. The summed E-state index contributed by atoms with van der Waals surface area (Å²) in [7, 11) is 0. The first kappa shape index (κ1) is 30.4. The van der Waals surface area contributed by atoms with Crippen LogP contribution >= 0.6 is 0 Å². The Kier molecular flexibility index (Phi) is 8.63. The highest BCUT2D eigenvalue weighted by Gasteiger charge is 2.73. The third kappa shape index (κ3) is 5.19. The van der Waals surface area contributed by atoms with Crippen LogP contribution in [0.4, 0.5) is 0 Å². The first-order chi connectivity index (χ1) is 20.0. The standard InChI is InChI=1S/C33H42O9/c1-19-11-13-25(39-21(3)35)29-32(5,26-17-24-15-16-38-31(24)41-26)20(2)28(40-22(4)36)30(33(19,29)18-34)42-27(37)14-12-23-9-7-6-8-10-23/h6-10,12,14,18-20,24-26,28-31H,11,13,15-17H2,1-5H3/b14-12-/t19-,20-,24+,25?,26?,28?,29-,30?,31?,32-,33+/m0/s1. The zero-order chi connectivity index (χ0) is 30.2. The van der Waals surface area contributed by atoms with Crippen LogP contribution < -0.4 is 0 Å². The molecule has 42 heavy (non-hydrogen) atoms.